The highest BCUT2D eigenvalue weighted by molar-refractivity contribution is 5.97. The molecular formula is C25H28N4O5. The molecule has 178 valence electrons. The number of hydrogen-bond acceptors (Lipinski definition) is 5. The summed E-state index contributed by atoms with van der Waals surface area (Å²) in [5.41, 5.74) is 0.949. The Labute approximate surface area is 196 Å². The number of aryl methyl sites for hydroxylation is 1. The molecule has 2 amide bonds. The number of amides is 2. The van der Waals surface area contributed by atoms with Gasteiger partial charge >= 0.3 is 5.69 Å². The number of nitrogens with one attached hydrogen (secondary N) is 1. The van der Waals surface area contributed by atoms with Gasteiger partial charge in [0.2, 0.25) is 5.91 Å². The first-order valence-corrected chi connectivity index (χ1v) is 11.4. The first-order valence-electron chi connectivity index (χ1n) is 11.4. The number of ether oxygens (including phenoxy) is 1. The van der Waals surface area contributed by atoms with Gasteiger partial charge in [0.05, 0.1) is 18.0 Å². The van der Waals surface area contributed by atoms with Crippen LogP contribution in [0.1, 0.15) is 29.3 Å². The Morgan fingerprint density at radius 3 is 2.29 bits per heavy atom. The fourth-order valence-electron chi connectivity index (χ4n) is 4.22. The first-order chi connectivity index (χ1) is 16.4. The van der Waals surface area contributed by atoms with Crippen molar-refractivity contribution in [3.8, 4) is 5.75 Å². The van der Waals surface area contributed by atoms with E-state index < -0.39 is 5.69 Å². The molecule has 9 nitrogen and oxygen atoms in total. The van der Waals surface area contributed by atoms with Crippen molar-refractivity contribution >= 4 is 22.7 Å². The zero-order valence-corrected chi connectivity index (χ0v) is 19.4. The van der Waals surface area contributed by atoms with Crippen LogP contribution in [0, 0.1) is 0 Å². The van der Waals surface area contributed by atoms with Crippen molar-refractivity contribution in [1.82, 2.24) is 19.4 Å². The number of carbonyl (C=O) groups excluding carboxylic acids is 2. The third kappa shape index (κ3) is 4.73. The van der Waals surface area contributed by atoms with Crippen molar-refractivity contribution in [2.24, 2.45) is 0 Å². The average Bonchev–Trinajstić information content (AvgIpc) is 2.87. The van der Waals surface area contributed by atoms with E-state index in [4.69, 9.17) is 4.74 Å². The van der Waals surface area contributed by atoms with Crippen LogP contribution in [0.3, 0.4) is 0 Å². The number of fused-ring (bicyclic) bond motifs is 1. The van der Waals surface area contributed by atoms with Crippen molar-refractivity contribution in [3.63, 3.8) is 0 Å². The van der Waals surface area contributed by atoms with Crippen LogP contribution < -0.4 is 16.0 Å². The van der Waals surface area contributed by atoms with Crippen molar-refractivity contribution in [3.05, 3.63) is 74.4 Å². The maximum absolute atomic E-state index is 13.0. The molecule has 1 aliphatic rings. The molecule has 0 radical (unpaired) electrons. The van der Waals surface area contributed by atoms with Gasteiger partial charge in [-0.25, -0.2) is 4.79 Å². The number of methoxy groups -OCH3 is 1. The Bertz CT molecular complexity index is 1320. The summed E-state index contributed by atoms with van der Waals surface area (Å²) in [5, 5.41) is 0.366. The molecule has 0 spiro atoms. The first kappa shape index (κ1) is 23.3. The molecule has 4 rings (SSSR count). The minimum absolute atomic E-state index is 0.0680. The van der Waals surface area contributed by atoms with Crippen LogP contribution in [-0.2, 0) is 17.8 Å². The van der Waals surface area contributed by atoms with Crippen LogP contribution in [0.2, 0.25) is 0 Å². The third-order valence-electron chi connectivity index (χ3n) is 6.25. The van der Waals surface area contributed by atoms with E-state index in [-0.39, 0.29) is 23.9 Å². The molecule has 2 heterocycles. The lowest BCUT2D eigenvalue weighted by Crippen LogP contribution is -2.50. The summed E-state index contributed by atoms with van der Waals surface area (Å²) < 4.78 is 6.27. The highest BCUT2D eigenvalue weighted by Gasteiger charge is 2.25. The number of aromatic nitrogens is 2. The monoisotopic (exact) mass is 464 g/mol. The molecule has 1 fully saturated rings. The maximum atomic E-state index is 13.0. The van der Waals surface area contributed by atoms with Gasteiger partial charge in [-0.15, -0.1) is 0 Å². The molecule has 1 aliphatic heterocycles. The number of hydrogen-bond donors (Lipinski definition) is 1. The van der Waals surface area contributed by atoms with E-state index in [1.165, 1.54) is 0 Å². The van der Waals surface area contributed by atoms with Gasteiger partial charge in [0, 0.05) is 44.7 Å². The molecule has 34 heavy (non-hydrogen) atoms. The Balaban J connectivity index is 1.36. The lowest BCUT2D eigenvalue weighted by Gasteiger charge is -2.35. The molecule has 0 saturated carbocycles. The second kappa shape index (κ2) is 9.94. The lowest BCUT2D eigenvalue weighted by molar-refractivity contribution is -0.132. The van der Waals surface area contributed by atoms with Gasteiger partial charge in [0.15, 0.2) is 0 Å². The zero-order chi connectivity index (χ0) is 24.2. The summed E-state index contributed by atoms with van der Waals surface area (Å²) in [6.07, 6.45) is 1.06. The molecule has 9 heteroatoms. The number of benzene rings is 2. The highest BCUT2D eigenvalue weighted by atomic mass is 16.5. The number of carbonyl (C=O) groups is 2. The fourth-order valence-corrected chi connectivity index (χ4v) is 4.22. The van der Waals surface area contributed by atoms with Gasteiger partial charge in [-0.1, -0.05) is 12.1 Å². The van der Waals surface area contributed by atoms with E-state index in [9.17, 15) is 19.2 Å². The molecule has 1 saturated heterocycles. The summed E-state index contributed by atoms with van der Waals surface area (Å²) >= 11 is 0. The molecule has 0 unspecified atom stereocenters. The molecular weight excluding hydrogens is 436 g/mol. The molecule has 3 aromatic rings. The summed E-state index contributed by atoms with van der Waals surface area (Å²) in [5.74, 6) is 0.665. The second-order valence-corrected chi connectivity index (χ2v) is 8.26. The predicted octanol–water partition coefficient (Wildman–Crippen LogP) is 1.64. The van der Waals surface area contributed by atoms with Crippen LogP contribution in [0.25, 0.3) is 10.9 Å². The third-order valence-corrected chi connectivity index (χ3v) is 6.25. The van der Waals surface area contributed by atoms with Gasteiger partial charge in [-0.2, -0.15) is 0 Å². The quantitative estimate of drug-likeness (QED) is 0.597. The van der Waals surface area contributed by atoms with Crippen molar-refractivity contribution in [1.29, 1.82) is 0 Å². The molecule has 1 N–H and O–H groups in total. The summed E-state index contributed by atoms with van der Waals surface area (Å²) in [4.78, 5) is 56.4. The number of piperazine rings is 1. The average molecular weight is 465 g/mol. The van der Waals surface area contributed by atoms with Crippen LogP contribution in [0.15, 0.2) is 52.1 Å². The largest absolute Gasteiger partial charge is 0.497 e. The standard InChI is InChI=1S/C25H28N4O5/c1-3-29-24(32)20-10-7-18(16-21(20)26-25(29)33)23(31)28-14-12-27(13-15-28)22(30)11-6-17-4-8-19(34-2)9-5-17/h4-5,7-10,16H,3,6,11-15H2,1-2H3,(H,26,33). The molecule has 0 bridgehead atoms. The minimum Gasteiger partial charge on any atom is -0.497 e. The molecule has 0 atom stereocenters. The van der Waals surface area contributed by atoms with Gasteiger partial charge < -0.3 is 19.5 Å². The number of rotatable bonds is 6. The molecule has 0 aliphatic carbocycles. The fraction of sp³-hybridized carbons (Fsp3) is 0.360. The highest BCUT2D eigenvalue weighted by Crippen LogP contribution is 2.16. The van der Waals surface area contributed by atoms with Gasteiger partial charge in [0.1, 0.15) is 5.75 Å². The normalized spacial score (nSPS) is 13.8. The maximum Gasteiger partial charge on any atom is 0.328 e. The second-order valence-electron chi connectivity index (χ2n) is 8.26. The predicted molar refractivity (Wildman–Crippen MR) is 128 cm³/mol. The van der Waals surface area contributed by atoms with Crippen molar-refractivity contribution in [2.75, 3.05) is 33.3 Å². The Kier molecular flexibility index (Phi) is 6.81. The lowest BCUT2D eigenvalue weighted by atomic mass is 10.1. The Morgan fingerprint density at radius 2 is 1.65 bits per heavy atom. The Hall–Kier alpha value is -3.88. The van der Waals surface area contributed by atoms with Crippen LogP contribution in [-0.4, -0.2) is 64.5 Å². The molecule has 1 aromatic heterocycles. The van der Waals surface area contributed by atoms with E-state index in [2.05, 4.69) is 4.98 Å². The smallest absolute Gasteiger partial charge is 0.328 e. The van der Waals surface area contributed by atoms with E-state index in [0.717, 1.165) is 15.9 Å². The van der Waals surface area contributed by atoms with E-state index in [0.29, 0.717) is 55.5 Å². The van der Waals surface area contributed by atoms with E-state index in [1.54, 1.807) is 42.0 Å². The summed E-state index contributed by atoms with van der Waals surface area (Å²) in [6.45, 7) is 3.80. The SMILES string of the molecule is CCn1c(=O)[nH]c2cc(C(=O)N3CCN(C(=O)CCc4ccc(OC)cc4)CC3)ccc2c1=O. The summed E-state index contributed by atoms with van der Waals surface area (Å²) in [6, 6.07) is 12.4. The van der Waals surface area contributed by atoms with Crippen molar-refractivity contribution in [2.45, 2.75) is 26.3 Å². The number of H-pyrrole nitrogens is 1. The van der Waals surface area contributed by atoms with E-state index in [1.807, 2.05) is 24.3 Å². The van der Waals surface area contributed by atoms with Crippen LogP contribution >= 0.6 is 0 Å². The van der Waals surface area contributed by atoms with Gasteiger partial charge in [0.25, 0.3) is 11.5 Å². The zero-order valence-electron chi connectivity index (χ0n) is 19.4. The number of nitrogens with zero attached hydrogens (tertiary/aromatic N) is 3. The van der Waals surface area contributed by atoms with Crippen LogP contribution in [0.5, 0.6) is 5.75 Å². The Morgan fingerprint density at radius 1 is 0.971 bits per heavy atom. The number of aromatic amines is 1. The topological polar surface area (TPSA) is 105 Å². The van der Waals surface area contributed by atoms with E-state index >= 15 is 0 Å². The summed E-state index contributed by atoms with van der Waals surface area (Å²) in [7, 11) is 1.62. The molecule has 2 aromatic carbocycles. The van der Waals surface area contributed by atoms with Gasteiger partial charge in [-0.05, 0) is 49.2 Å². The van der Waals surface area contributed by atoms with Crippen LogP contribution in [0.4, 0.5) is 0 Å². The van der Waals surface area contributed by atoms with Crippen molar-refractivity contribution < 1.29 is 14.3 Å². The minimum atomic E-state index is -0.494. The van der Waals surface area contributed by atoms with Gasteiger partial charge in [-0.3, -0.25) is 19.0 Å².